The van der Waals surface area contributed by atoms with Crippen molar-refractivity contribution >= 4 is 5.91 Å². The van der Waals surface area contributed by atoms with Gasteiger partial charge in [0, 0.05) is 6.54 Å². The zero-order valence-electron chi connectivity index (χ0n) is 12.4. The summed E-state index contributed by atoms with van der Waals surface area (Å²) in [7, 11) is 0. The summed E-state index contributed by atoms with van der Waals surface area (Å²) in [6.07, 6.45) is 2.45. The maximum absolute atomic E-state index is 13.9. The smallest absolute Gasteiger partial charge is 0.257 e. The van der Waals surface area contributed by atoms with Gasteiger partial charge in [0.05, 0.1) is 11.6 Å². The van der Waals surface area contributed by atoms with Crippen LogP contribution in [0, 0.1) is 17.5 Å². The molecular weight excluding hydrogens is 303 g/mol. The highest BCUT2D eigenvalue weighted by molar-refractivity contribution is 5.94. The number of halogens is 3. The van der Waals surface area contributed by atoms with Crippen molar-refractivity contribution in [1.82, 2.24) is 4.90 Å². The number of benzene rings is 2. The number of hydrogen-bond acceptors (Lipinski definition) is 1. The van der Waals surface area contributed by atoms with Crippen molar-refractivity contribution in [3.8, 4) is 0 Å². The van der Waals surface area contributed by atoms with Crippen LogP contribution in [0.4, 0.5) is 13.2 Å². The van der Waals surface area contributed by atoms with Gasteiger partial charge in [-0.25, -0.2) is 13.2 Å². The van der Waals surface area contributed by atoms with Gasteiger partial charge in [0.1, 0.15) is 5.82 Å². The number of carbonyl (C=O) groups excluding carboxylic acids is 1. The van der Waals surface area contributed by atoms with Crippen molar-refractivity contribution in [2.75, 3.05) is 6.54 Å². The second-order valence-corrected chi connectivity index (χ2v) is 5.66. The minimum absolute atomic E-state index is 0.250. The predicted octanol–water partition coefficient (Wildman–Crippen LogP) is 4.47. The molecule has 0 radical (unpaired) electrons. The number of carbonyl (C=O) groups is 1. The number of nitrogens with zero attached hydrogens (tertiary/aromatic N) is 1. The highest BCUT2D eigenvalue weighted by Gasteiger charge is 2.30. The zero-order valence-corrected chi connectivity index (χ0v) is 12.4. The Balaban J connectivity index is 1.93. The fourth-order valence-electron chi connectivity index (χ4n) is 3.03. The minimum Gasteiger partial charge on any atom is -0.332 e. The largest absolute Gasteiger partial charge is 0.332 e. The van der Waals surface area contributed by atoms with E-state index in [9.17, 15) is 18.0 Å². The van der Waals surface area contributed by atoms with Crippen molar-refractivity contribution in [3.63, 3.8) is 0 Å². The van der Waals surface area contributed by atoms with Crippen molar-refractivity contribution in [3.05, 3.63) is 71.0 Å². The van der Waals surface area contributed by atoms with Crippen LogP contribution in [-0.2, 0) is 0 Å². The molecule has 2 aromatic carbocycles. The fraction of sp³-hybridized carbons (Fsp3) is 0.278. The van der Waals surface area contributed by atoms with E-state index >= 15 is 0 Å². The Labute approximate surface area is 132 Å². The molecule has 1 saturated heterocycles. The van der Waals surface area contributed by atoms with E-state index in [2.05, 4.69) is 0 Å². The SMILES string of the molecule is O=C(c1cccc(F)c1F)N1CCCC[C@@H]1c1ccc(F)cc1. The van der Waals surface area contributed by atoms with E-state index in [1.54, 1.807) is 17.0 Å². The van der Waals surface area contributed by atoms with Crippen LogP contribution in [0.5, 0.6) is 0 Å². The second kappa shape index (κ2) is 6.44. The monoisotopic (exact) mass is 319 g/mol. The summed E-state index contributed by atoms with van der Waals surface area (Å²) in [5.41, 5.74) is 0.537. The van der Waals surface area contributed by atoms with E-state index in [1.807, 2.05) is 0 Å². The lowest BCUT2D eigenvalue weighted by atomic mass is 9.94. The molecule has 2 nitrogen and oxygen atoms in total. The molecule has 0 saturated carbocycles. The molecule has 1 amide bonds. The molecule has 1 aliphatic heterocycles. The van der Waals surface area contributed by atoms with Crippen LogP contribution in [0.25, 0.3) is 0 Å². The van der Waals surface area contributed by atoms with Crippen LogP contribution in [0.2, 0.25) is 0 Å². The molecule has 1 aliphatic rings. The number of hydrogen-bond donors (Lipinski definition) is 0. The Hall–Kier alpha value is -2.30. The second-order valence-electron chi connectivity index (χ2n) is 5.66. The molecule has 1 heterocycles. The summed E-state index contributed by atoms with van der Waals surface area (Å²) in [4.78, 5) is 14.2. The first kappa shape index (κ1) is 15.6. The van der Waals surface area contributed by atoms with Gasteiger partial charge >= 0.3 is 0 Å². The minimum atomic E-state index is -1.12. The first-order valence-electron chi connectivity index (χ1n) is 7.58. The van der Waals surface area contributed by atoms with Crippen LogP contribution in [0.1, 0.15) is 41.2 Å². The van der Waals surface area contributed by atoms with Crippen LogP contribution in [0.3, 0.4) is 0 Å². The molecule has 2 aromatic rings. The maximum Gasteiger partial charge on any atom is 0.257 e. The third-order valence-electron chi connectivity index (χ3n) is 4.20. The van der Waals surface area contributed by atoms with E-state index < -0.39 is 17.5 Å². The zero-order chi connectivity index (χ0) is 16.4. The molecular formula is C18H16F3NO. The molecule has 120 valence electrons. The Bertz CT molecular complexity index is 715. The van der Waals surface area contributed by atoms with Gasteiger partial charge in [-0.15, -0.1) is 0 Å². The molecule has 0 aliphatic carbocycles. The summed E-state index contributed by atoms with van der Waals surface area (Å²) in [6, 6.07) is 9.30. The van der Waals surface area contributed by atoms with Gasteiger partial charge in [0.2, 0.25) is 0 Å². The quantitative estimate of drug-likeness (QED) is 0.799. The van der Waals surface area contributed by atoms with E-state index in [0.717, 1.165) is 24.5 Å². The molecule has 0 aromatic heterocycles. The van der Waals surface area contributed by atoms with Gasteiger partial charge in [-0.3, -0.25) is 4.79 Å². The predicted molar refractivity (Wildman–Crippen MR) is 80.4 cm³/mol. The van der Waals surface area contributed by atoms with Crippen LogP contribution < -0.4 is 0 Å². The van der Waals surface area contributed by atoms with E-state index in [1.165, 1.54) is 24.3 Å². The first-order chi connectivity index (χ1) is 11.1. The molecule has 0 N–H and O–H groups in total. The highest BCUT2D eigenvalue weighted by atomic mass is 19.2. The molecule has 23 heavy (non-hydrogen) atoms. The van der Waals surface area contributed by atoms with Crippen molar-refractivity contribution < 1.29 is 18.0 Å². The topological polar surface area (TPSA) is 20.3 Å². The molecule has 0 spiro atoms. The maximum atomic E-state index is 13.9. The average Bonchev–Trinajstić information content (AvgIpc) is 2.57. The normalized spacial score (nSPS) is 18.0. The molecule has 1 fully saturated rings. The average molecular weight is 319 g/mol. The summed E-state index contributed by atoms with van der Waals surface area (Å²) in [6.45, 7) is 0.469. The number of likely N-dealkylation sites (tertiary alicyclic amines) is 1. The summed E-state index contributed by atoms with van der Waals surface area (Å²) in [5, 5.41) is 0. The summed E-state index contributed by atoms with van der Waals surface area (Å²) < 4.78 is 40.4. The van der Waals surface area contributed by atoms with Crippen LogP contribution in [-0.4, -0.2) is 17.4 Å². The molecule has 3 rings (SSSR count). The van der Waals surface area contributed by atoms with Crippen molar-refractivity contribution in [2.45, 2.75) is 25.3 Å². The number of amides is 1. The van der Waals surface area contributed by atoms with E-state index in [0.29, 0.717) is 13.0 Å². The Kier molecular flexibility index (Phi) is 4.37. The fourth-order valence-corrected chi connectivity index (χ4v) is 3.03. The first-order valence-corrected chi connectivity index (χ1v) is 7.58. The Morgan fingerprint density at radius 3 is 2.48 bits per heavy atom. The van der Waals surface area contributed by atoms with Crippen LogP contribution >= 0.6 is 0 Å². The summed E-state index contributed by atoms with van der Waals surface area (Å²) in [5.74, 6) is -3.04. The van der Waals surface area contributed by atoms with Crippen molar-refractivity contribution in [2.24, 2.45) is 0 Å². The lowest BCUT2D eigenvalue weighted by molar-refractivity contribution is 0.0605. The third-order valence-corrected chi connectivity index (χ3v) is 4.20. The number of piperidine rings is 1. The molecule has 0 bridgehead atoms. The van der Waals surface area contributed by atoms with Gasteiger partial charge < -0.3 is 4.90 Å². The van der Waals surface area contributed by atoms with Gasteiger partial charge in [-0.1, -0.05) is 18.2 Å². The summed E-state index contributed by atoms with van der Waals surface area (Å²) >= 11 is 0. The lowest BCUT2D eigenvalue weighted by Gasteiger charge is -2.36. The van der Waals surface area contributed by atoms with Gasteiger partial charge in [0.25, 0.3) is 5.91 Å². The Morgan fingerprint density at radius 2 is 1.74 bits per heavy atom. The molecule has 0 unspecified atom stereocenters. The number of rotatable bonds is 2. The van der Waals surface area contributed by atoms with Gasteiger partial charge in [-0.05, 0) is 49.1 Å². The van der Waals surface area contributed by atoms with Crippen LogP contribution in [0.15, 0.2) is 42.5 Å². The molecule has 1 atom stereocenters. The van der Waals surface area contributed by atoms with Crippen molar-refractivity contribution in [1.29, 1.82) is 0 Å². The lowest BCUT2D eigenvalue weighted by Crippen LogP contribution is -2.39. The Morgan fingerprint density at radius 1 is 1.00 bits per heavy atom. The highest BCUT2D eigenvalue weighted by Crippen LogP contribution is 2.32. The van der Waals surface area contributed by atoms with E-state index in [4.69, 9.17) is 0 Å². The third kappa shape index (κ3) is 3.09. The van der Waals surface area contributed by atoms with Gasteiger partial charge in [-0.2, -0.15) is 0 Å². The van der Waals surface area contributed by atoms with E-state index in [-0.39, 0.29) is 17.4 Å². The molecule has 5 heteroatoms. The standard InChI is InChI=1S/C18H16F3NO/c19-13-9-7-12(8-10-13)16-6-1-2-11-22(16)18(23)14-4-3-5-15(20)17(14)21/h3-5,7-10,16H,1-2,6,11H2/t16-/m1/s1. The van der Waals surface area contributed by atoms with Gasteiger partial charge in [0.15, 0.2) is 11.6 Å².